The first kappa shape index (κ1) is 14.5. The first-order valence-corrected chi connectivity index (χ1v) is 5.39. The Labute approximate surface area is 102 Å². The molecule has 0 atom stereocenters. The van der Waals surface area contributed by atoms with E-state index in [2.05, 4.69) is 10.3 Å². The van der Waals surface area contributed by atoms with Crippen LogP contribution in [0.2, 0.25) is 0 Å². The number of likely N-dealkylation sites (N-methyl/N-ethyl adjacent to an activating group) is 1. The molecule has 0 aliphatic heterocycles. The average Bonchev–Trinajstić information content (AvgIpc) is 2.70. The Morgan fingerprint density at radius 2 is 2.22 bits per heavy atom. The van der Waals surface area contributed by atoms with Crippen LogP contribution in [0.25, 0.3) is 0 Å². The van der Waals surface area contributed by atoms with E-state index in [1.165, 1.54) is 10.9 Å². The highest BCUT2D eigenvalue weighted by Crippen LogP contribution is 2.12. The van der Waals surface area contributed by atoms with Gasteiger partial charge < -0.3 is 15.2 Å². The highest BCUT2D eigenvalue weighted by Gasteiger charge is 2.27. The molecule has 0 radical (unpaired) electrons. The van der Waals surface area contributed by atoms with E-state index < -0.39 is 18.6 Å². The van der Waals surface area contributed by atoms with Gasteiger partial charge in [-0.25, -0.2) is 4.98 Å². The molecular formula is C10H15F3N4O. The van der Waals surface area contributed by atoms with E-state index in [1.807, 2.05) is 7.05 Å². The van der Waals surface area contributed by atoms with Crippen molar-refractivity contribution in [2.45, 2.75) is 19.1 Å². The minimum Gasteiger partial charge on any atom is -0.345 e. The molecule has 2 N–H and O–H groups in total. The monoisotopic (exact) mass is 264 g/mol. The highest BCUT2D eigenvalue weighted by atomic mass is 19.4. The van der Waals surface area contributed by atoms with Crippen molar-refractivity contribution in [3.8, 4) is 0 Å². The third kappa shape index (κ3) is 5.67. The van der Waals surface area contributed by atoms with E-state index in [4.69, 9.17) is 0 Å². The van der Waals surface area contributed by atoms with Crippen molar-refractivity contribution in [1.29, 1.82) is 0 Å². The minimum absolute atomic E-state index is 0.164. The zero-order chi connectivity index (χ0) is 13.6. The van der Waals surface area contributed by atoms with Gasteiger partial charge >= 0.3 is 6.18 Å². The Morgan fingerprint density at radius 3 is 2.83 bits per heavy atom. The number of aromatic nitrogens is 2. The SMILES string of the molecule is CNCCc1cn(CC(=O)NCC(F)(F)F)cn1. The largest absolute Gasteiger partial charge is 0.405 e. The molecular weight excluding hydrogens is 249 g/mol. The third-order valence-corrected chi connectivity index (χ3v) is 2.13. The number of amides is 1. The van der Waals surface area contributed by atoms with Crippen LogP contribution in [0.4, 0.5) is 13.2 Å². The molecule has 0 spiro atoms. The molecule has 0 aliphatic rings. The number of imidazole rings is 1. The van der Waals surface area contributed by atoms with Crippen molar-refractivity contribution in [3.63, 3.8) is 0 Å². The zero-order valence-electron chi connectivity index (χ0n) is 9.92. The first-order chi connectivity index (χ1) is 8.40. The summed E-state index contributed by atoms with van der Waals surface area (Å²) in [6.45, 7) is -0.729. The molecule has 1 heterocycles. The van der Waals surface area contributed by atoms with E-state index in [1.54, 1.807) is 11.5 Å². The summed E-state index contributed by atoms with van der Waals surface area (Å²) in [5.41, 5.74) is 0.785. The van der Waals surface area contributed by atoms with Crippen molar-refractivity contribution in [2.24, 2.45) is 0 Å². The van der Waals surface area contributed by atoms with Crippen LogP contribution in [-0.2, 0) is 17.8 Å². The standard InChI is InChI=1S/C10H15F3N4O/c1-14-3-2-8-4-17(7-16-8)5-9(18)15-6-10(11,12)13/h4,7,14H,2-3,5-6H2,1H3,(H,15,18). The molecule has 0 saturated heterocycles. The molecule has 0 saturated carbocycles. The number of carbonyl (C=O) groups is 1. The van der Waals surface area contributed by atoms with Gasteiger partial charge in [-0.05, 0) is 7.05 Å². The fraction of sp³-hybridized carbons (Fsp3) is 0.600. The van der Waals surface area contributed by atoms with Gasteiger partial charge in [-0.2, -0.15) is 13.2 Å². The summed E-state index contributed by atoms with van der Waals surface area (Å²) in [5.74, 6) is -0.690. The molecule has 18 heavy (non-hydrogen) atoms. The predicted molar refractivity (Wildman–Crippen MR) is 58.9 cm³/mol. The molecule has 1 aromatic heterocycles. The minimum atomic E-state index is -4.39. The van der Waals surface area contributed by atoms with E-state index in [9.17, 15) is 18.0 Å². The quantitative estimate of drug-likeness (QED) is 0.778. The first-order valence-electron chi connectivity index (χ1n) is 5.39. The number of nitrogens with one attached hydrogen (secondary N) is 2. The zero-order valence-corrected chi connectivity index (χ0v) is 9.92. The molecule has 0 fully saturated rings. The Bertz CT molecular complexity index is 389. The van der Waals surface area contributed by atoms with Crippen molar-refractivity contribution in [2.75, 3.05) is 20.1 Å². The van der Waals surface area contributed by atoms with Crippen molar-refractivity contribution in [3.05, 3.63) is 18.2 Å². The Kier molecular flexibility index (Phi) is 5.14. The number of alkyl halides is 3. The molecule has 8 heteroatoms. The summed E-state index contributed by atoms with van der Waals surface area (Å²) in [6, 6.07) is 0. The van der Waals surface area contributed by atoms with E-state index in [0.29, 0.717) is 6.42 Å². The maximum absolute atomic E-state index is 11.9. The van der Waals surface area contributed by atoms with Crippen molar-refractivity contribution < 1.29 is 18.0 Å². The highest BCUT2D eigenvalue weighted by molar-refractivity contribution is 5.75. The van der Waals surface area contributed by atoms with Crippen LogP contribution in [0.15, 0.2) is 12.5 Å². The second kappa shape index (κ2) is 6.39. The van der Waals surface area contributed by atoms with Gasteiger partial charge in [0, 0.05) is 19.2 Å². The van der Waals surface area contributed by atoms with Crippen LogP contribution < -0.4 is 10.6 Å². The molecule has 1 aromatic rings. The molecule has 0 bridgehead atoms. The maximum Gasteiger partial charge on any atom is 0.405 e. The van der Waals surface area contributed by atoms with Gasteiger partial charge in [-0.15, -0.1) is 0 Å². The number of rotatable bonds is 6. The number of carbonyl (C=O) groups excluding carboxylic acids is 1. The van der Waals surface area contributed by atoms with Crippen molar-refractivity contribution in [1.82, 2.24) is 20.2 Å². The third-order valence-electron chi connectivity index (χ3n) is 2.13. The summed E-state index contributed by atoms with van der Waals surface area (Å²) in [5, 5.41) is 4.75. The number of hydrogen-bond acceptors (Lipinski definition) is 3. The second-order valence-electron chi connectivity index (χ2n) is 3.78. The molecule has 1 amide bonds. The average molecular weight is 264 g/mol. The number of halogens is 3. The molecule has 0 aromatic carbocycles. The lowest BCUT2D eigenvalue weighted by Gasteiger charge is -2.08. The summed E-state index contributed by atoms with van der Waals surface area (Å²) >= 11 is 0. The fourth-order valence-electron chi connectivity index (χ4n) is 1.30. The number of hydrogen-bond donors (Lipinski definition) is 2. The van der Waals surface area contributed by atoms with E-state index in [-0.39, 0.29) is 6.54 Å². The Balaban J connectivity index is 2.37. The molecule has 0 aliphatic carbocycles. The lowest BCUT2D eigenvalue weighted by molar-refractivity contribution is -0.138. The summed E-state index contributed by atoms with van der Waals surface area (Å²) in [6.07, 6.45) is -0.612. The molecule has 102 valence electrons. The summed E-state index contributed by atoms with van der Waals surface area (Å²) < 4.78 is 37.0. The van der Waals surface area contributed by atoms with Gasteiger partial charge in [0.1, 0.15) is 13.1 Å². The van der Waals surface area contributed by atoms with Crippen LogP contribution >= 0.6 is 0 Å². The predicted octanol–water partition coefficient (Wildman–Crippen LogP) is 0.323. The van der Waals surface area contributed by atoms with E-state index >= 15 is 0 Å². The van der Waals surface area contributed by atoms with E-state index in [0.717, 1.165) is 12.2 Å². The van der Waals surface area contributed by atoms with Gasteiger partial charge in [0.2, 0.25) is 5.91 Å². The normalized spacial score (nSPS) is 11.6. The Hall–Kier alpha value is -1.57. The Morgan fingerprint density at radius 1 is 1.50 bits per heavy atom. The van der Waals surface area contributed by atoms with Crippen LogP contribution in [-0.4, -0.2) is 41.8 Å². The van der Waals surface area contributed by atoms with Gasteiger partial charge in [0.05, 0.1) is 12.0 Å². The second-order valence-corrected chi connectivity index (χ2v) is 3.78. The van der Waals surface area contributed by atoms with Gasteiger partial charge in [-0.1, -0.05) is 0 Å². The van der Waals surface area contributed by atoms with Crippen molar-refractivity contribution >= 4 is 5.91 Å². The topological polar surface area (TPSA) is 59.0 Å². The molecule has 1 rings (SSSR count). The fourth-order valence-corrected chi connectivity index (χ4v) is 1.30. The van der Waals surface area contributed by atoms with Crippen LogP contribution in [0.5, 0.6) is 0 Å². The number of nitrogens with zero attached hydrogens (tertiary/aromatic N) is 2. The van der Waals surface area contributed by atoms with Gasteiger partial charge in [-0.3, -0.25) is 4.79 Å². The molecule has 0 unspecified atom stereocenters. The van der Waals surface area contributed by atoms with Crippen LogP contribution in [0.1, 0.15) is 5.69 Å². The lowest BCUT2D eigenvalue weighted by atomic mass is 10.3. The molecule has 5 nitrogen and oxygen atoms in total. The van der Waals surface area contributed by atoms with Crippen LogP contribution in [0.3, 0.4) is 0 Å². The lowest BCUT2D eigenvalue weighted by Crippen LogP contribution is -2.35. The van der Waals surface area contributed by atoms with Crippen LogP contribution in [0, 0.1) is 0 Å². The smallest absolute Gasteiger partial charge is 0.345 e. The van der Waals surface area contributed by atoms with Gasteiger partial charge in [0.25, 0.3) is 0 Å². The maximum atomic E-state index is 11.9. The summed E-state index contributed by atoms with van der Waals surface area (Å²) in [7, 11) is 1.81. The van der Waals surface area contributed by atoms with Gasteiger partial charge in [0.15, 0.2) is 0 Å². The summed E-state index contributed by atoms with van der Waals surface area (Å²) in [4.78, 5) is 15.2.